The molecule has 0 heterocycles. The molecule has 3 rings (SSSR count). The lowest BCUT2D eigenvalue weighted by Crippen LogP contribution is -2.00. The number of hydrogen-bond donors (Lipinski definition) is 0. The van der Waals surface area contributed by atoms with Crippen molar-refractivity contribution in [2.24, 2.45) is 0 Å². The molecule has 0 bridgehead atoms. The second-order valence-electron chi connectivity index (χ2n) is 7.39. The summed E-state index contributed by atoms with van der Waals surface area (Å²) in [5, 5.41) is 0.883. The first kappa shape index (κ1) is 22.9. The van der Waals surface area contributed by atoms with Crippen LogP contribution in [0.25, 0.3) is 6.08 Å². The molecule has 3 aromatic rings. The topological polar surface area (TPSA) is 35.5 Å². The molecule has 0 aliphatic carbocycles. The van der Waals surface area contributed by atoms with Gasteiger partial charge in [0.2, 0.25) is 0 Å². The Morgan fingerprint density at radius 2 is 1.68 bits per heavy atom. The fourth-order valence-electron chi connectivity index (χ4n) is 3.09. The molecule has 3 nitrogen and oxygen atoms in total. The van der Waals surface area contributed by atoms with E-state index in [-0.39, 0.29) is 12.4 Å². The van der Waals surface area contributed by atoms with Crippen LogP contribution in [0.2, 0.25) is 10.0 Å². The molecule has 160 valence electrons. The predicted molar refractivity (Wildman–Crippen MR) is 128 cm³/mol. The van der Waals surface area contributed by atoms with E-state index in [2.05, 4.69) is 13.8 Å². The fraction of sp³-hybridized carbons (Fsp3) is 0.192. The Bertz CT molecular complexity index is 1070. The van der Waals surface area contributed by atoms with Gasteiger partial charge >= 0.3 is 0 Å². The third kappa shape index (κ3) is 5.90. The summed E-state index contributed by atoms with van der Waals surface area (Å²) in [6.45, 7) is 4.47. The van der Waals surface area contributed by atoms with Crippen molar-refractivity contribution in [2.75, 3.05) is 7.11 Å². The Morgan fingerprint density at radius 3 is 2.29 bits per heavy atom. The number of benzene rings is 3. The van der Waals surface area contributed by atoms with Crippen LogP contribution in [0.3, 0.4) is 0 Å². The van der Waals surface area contributed by atoms with E-state index in [1.54, 1.807) is 37.5 Å². The largest absolute Gasteiger partial charge is 0.496 e. The third-order valence-electron chi connectivity index (χ3n) is 4.88. The number of ketones is 1. The number of carbonyl (C=O) groups excluding carboxylic acids is 1. The van der Waals surface area contributed by atoms with Crippen molar-refractivity contribution in [1.82, 2.24) is 0 Å². The van der Waals surface area contributed by atoms with Gasteiger partial charge in [-0.05, 0) is 47.4 Å². The van der Waals surface area contributed by atoms with E-state index in [0.29, 0.717) is 33.0 Å². The van der Waals surface area contributed by atoms with E-state index in [1.165, 1.54) is 5.56 Å². The van der Waals surface area contributed by atoms with Gasteiger partial charge in [0.15, 0.2) is 11.5 Å². The highest BCUT2D eigenvalue weighted by molar-refractivity contribution is 6.37. The van der Waals surface area contributed by atoms with Crippen molar-refractivity contribution in [3.63, 3.8) is 0 Å². The van der Waals surface area contributed by atoms with Gasteiger partial charge in [-0.15, -0.1) is 0 Å². The highest BCUT2D eigenvalue weighted by Crippen LogP contribution is 2.34. The molecule has 0 radical (unpaired) electrons. The standard InChI is InChI=1S/C26H24Cl2O3/c1-17(2)19-9-11-20(12-10-19)24(29)13-7-18-8-14-25(30-3)21(15-18)16-31-26-22(27)5-4-6-23(26)28/h4-15,17H,16H2,1-3H3/b13-7+. The van der Waals surface area contributed by atoms with E-state index in [9.17, 15) is 4.79 Å². The average molecular weight is 455 g/mol. The van der Waals surface area contributed by atoms with Gasteiger partial charge in [0.05, 0.1) is 17.2 Å². The normalized spacial score (nSPS) is 11.2. The Hall–Kier alpha value is -2.75. The molecule has 0 saturated heterocycles. The molecule has 0 N–H and O–H groups in total. The van der Waals surface area contributed by atoms with Crippen molar-refractivity contribution < 1.29 is 14.3 Å². The molecule has 0 fully saturated rings. The van der Waals surface area contributed by atoms with E-state index >= 15 is 0 Å². The lowest BCUT2D eigenvalue weighted by Gasteiger charge is -2.13. The van der Waals surface area contributed by atoms with E-state index < -0.39 is 0 Å². The molecule has 5 heteroatoms. The second kappa shape index (κ2) is 10.5. The first-order valence-corrected chi connectivity index (χ1v) is 10.7. The minimum Gasteiger partial charge on any atom is -0.496 e. The number of para-hydroxylation sites is 1. The van der Waals surface area contributed by atoms with Crippen LogP contribution in [-0.2, 0) is 6.61 Å². The molecule has 0 saturated carbocycles. The summed E-state index contributed by atoms with van der Waals surface area (Å²) in [4.78, 5) is 12.5. The Balaban J connectivity index is 1.75. The minimum absolute atomic E-state index is 0.0493. The number of hydrogen-bond acceptors (Lipinski definition) is 3. The Kier molecular flexibility index (Phi) is 7.78. The summed E-state index contributed by atoms with van der Waals surface area (Å²) in [5.41, 5.74) is 3.54. The first-order valence-electron chi connectivity index (χ1n) is 9.95. The number of rotatable bonds is 8. The van der Waals surface area contributed by atoms with Gasteiger partial charge in [0.1, 0.15) is 12.4 Å². The van der Waals surface area contributed by atoms with E-state index in [1.807, 2.05) is 42.5 Å². The van der Waals surface area contributed by atoms with Gasteiger partial charge in [-0.1, -0.05) is 79.5 Å². The highest BCUT2D eigenvalue weighted by atomic mass is 35.5. The summed E-state index contributed by atoms with van der Waals surface area (Å²) in [6.07, 6.45) is 3.35. The van der Waals surface area contributed by atoms with E-state index in [0.717, 1.165) is 11.1 Å². The van der Waals surface area contributed by atoms with Crippen molar-refractivity contribution in [3.8, 4) is 11.5 Å². The maximum absolute atomic E-state index is 12.5. The maximum atomic E-state index is 12.5. The summed E-state index contributed by atoms with van der Waals surface area (Å²) in [7, 11) is 1.60. The molecule has 0 aliphatic rings. The number of allylic oxidation sites excluding steroid dienone is 1. The zero-order valence-electron chi connectivity index (χ0n) is 17.7. The van der Waals surface area contributed by atoms with Crippen LogP contribution < -0.4 is 9.47 Å². The molecule has 0 aliphatic heterocycles. The first-order chi connectivity index (χ1) is 14.9. The van der Waals surface area contributed by atoms with Gasteiger partial charge in [0, 0.05) is 11.1 Å². The van der Waals surface area contributed by atoms with E-state index in [4.69, 9.17) is 32.7 Å². The Labute approximate surface area is 193 Å². The van der Waals surface area contributed by atoms with Crippen LogP contribution in [-0.4, -0.2) is 12.9 Å². The summed E-state index contributed by atoms with van der Waals surface area (Å²) in [5.74, 6) is 1.48. The molecular weight excluding hydrogens is 431 g/mol. The molecule has 3 aromatic carbocycles. The van der Waals surface area contributed by atoms with Crippen LogP contribution in [0.5, 0.6) is 11.5 Å². The average Bonchev–Trinajstić information content (AvgIpc) is 2.77. The zero-order chi connectivity index (χ0) is 22.4. The smallest absolute Gasteiger partial charge is 0.185 e. The third-order valence-corrected chi connectivity index (χ3v) is 5.48. The molecule has 0 spiro atoms. The monoisotopic (exact) mass is 454 g/mol. The predicted octanol–water partition coefficient (Wildman–Crippen LogP) is 7.60. The number of carbonyl (C=O) groups is 1. The lowest BCUT2D eigenvalue weighted by atomic mass is 10.00. The number of methoxy groups -OCH3 is 1. The van der Waals surface area contributed by atoms with Crippen LogP contribution in [0, 0.1) is 0 Å². The summed E-state index contributed by atoms with van der Waals surface area (Å²) in [6, 6.07) is 18.6. The van der Waals surface area contributed by atoms with Crippen LogP contribution >= 0.6 is 23.2 Å². The van der Waals surface area contributed by atoms with Crippen molar-refractivity contribution in [3.05, 3.63) is 99.0 Å². The number of halogens is 2. The summed E-state index contributed by atoms with van der Waals surface area (Å²) >= 11 is 12.4. The van der Waals surface area contributed by atoms with Gasteiger partial charge < -0.3 is 9.47 Å². The van der Waals surface area contributed by atoms with Gasteiger partial charge in [-0.3, -0.25) is 4.79 Å². The highest BCUT2D eigenvalue weighted by Gasteiger charge is 2.10. The minimum atomic E-state index is -0.0493. The second-order valence-corrected chi connectivity index (χ2v) is 8.20. The summed E-state index contributed by atoms with van der Waals surface area (Å²) < 4.78 is 11.3. The quantitative estimate of drug-likeness (QED) is 0.259. The number of ether oxygens (including phenoxy) is 2. The van der Waals surface area contributed by atoms with Crippen molar-refractivity contribution in [1.29, 1.82) is 0 Å². The van der Waals surface area contributed by atoms with Gasteiger partial charge in [-0.2, -0.15) is 0 Å². The molecule has 0 unspecified atom stereocenters. The Morgan fingerprint density at radius 1 is 1.00 bits per heavy atom. The van der Waals surface area contributed by atoms with Crippen molar-refractivity contribution in [2.45, 2.75) is 26.4 Å². The van der Waals surface area contributed by atoms with Crippen LogP contribution in [0.15, 0.2) is 66.7 Å². The molecule has 31 heavy (non-hydrogen) atoms. The molecule has 0 amide bonds. The zero-order valence-corrected chi connectivity index (χ0v) is 19.2. The fourth-order valence-corrected chi connectivity index (χ4v) is 3.59. The van der Waals surface area contributed by atoms with Gasteiger partial charge in [-0.25, -0.2) is 0 Å². The maximum Gasteiger partial charge on any atom is 0.185 e. The SMILES string of the molecule is COc1ccc(/C=C/C(=O)c2ccc(C(C)C)cc2)cc1COc1c(Cl)cccc1Cl. The molecule has 0 atom stereocenters. The van der Waals surface area contributed by atoms with Crippen LogP contribution in [0.4, 0.5) is 0 Å². The molecular formula is C26H24Cl2O3. The lowest BCUT2D eigenvalue weighted by molar-refractivity contribution is 0.104. The van der Waals surface area contributed by atoms with Gasteiger partial charge in [0.25, 0.3) is 0 Å². The van der Waals surface area contributed by atoms with Crippen molar-refractivity contribution >= 4 is 35.1 Å². The molecule has 0 aromatic heterocycles. The van der Waals surface area contributed by atoms with Crippen LogP contribution in [0.1, 0.15) is 46.8 Å².